The molecule has 0 radical (unpaired) electrons. The molecule has 1 heterocycles. The number of aryl methyl sites for hydroxylation is 2. The molecular formula is C18H16ClN3O2. The van der Waals surface area contributed by atoms with Crippen LogP contribution in [0.15, 0.2) is 47.3 Å². The van der Waals surface area contributed by atoms with Gasteiger partial charge in [-0.2, -0.15) is 0 Å². The summed E-state index contributed by atoms with van der Waals surface area (Å²) < 4.78 is 1.37. The van der Waals surface area contributed by atoms with Crippen molar-refractivity contribution < 1.29 is 4.79 Å². The fourth-order valence-electron chi connectivity index (χ4n) is 2.48. The SMILES string of the molecule is Cc1ccc(NC(=O)Cn2c(C)nc3ccccc3c2=O)cc1Cl. The van der Waals surface area contributed by atoms with Gasteiger partial charge in [-0.05, 0) is 43.7 Å². The monoisotopic (exact) mass is 341 g/mol. The number of nitrogens with one attached hydrogen (secondary N) is 1. The lowest BCUT2D eigenvalue weighted by molar-refractivity contribution is -0.116. The van der Waals surface area contributed by atoms with Crippen molar-refractivity contribution in [2.24, 2.45) is 0 Å². The standard InChI is InChI=1S/C18H16ClN3O2/c1-11-7-8-13(9-15(11)19)21-17(23)10-22-12(2)20-16-6-4-3-5-14(16)18(22)24/h3-9H,10H2,1-2H3,(H,21,23). The molecule has 0 saturated heterocycles. The first-order valence-electron chi connectivity index (χ1n) is 7.48. The van der Waals surface area contributed by atoms with Crippen molar-refractivity contribution in [3.63, 3.8) is 0 Å². The largest absolute Gasteiger partial charge is 0.324 e. The highest BCUT2D eigenvalue weighted by molar-refractivity contribution is 6.31. The fourth-order valence-corrected chi connectivity index (χ4v) is 2.66. The van der Waals surface area contributed by atoms with Crippen LogP contribution in [0.25, 0.3) is 10.9 Å². The van der Waals surface area contributed by atoms with Crippen molar-refractivity contribution in [2.45, 2.75) is 20.4 Å². The third-order valence-corrected chi connectivity index (χ3v) is 4.22. The number of carbonyl (C=O) groups excluding carboxylic acids is 1. The van der Waals surface area contributed by atoms with Gasteiger partial charge in [0, 0.05) is 10.7 Å². The molecule has 0 fully saturated rings. The minimum absolute atomic E-state index is 0.103. The zero-order valence-corrected chi connectivity index (χ0v) is 14.1. The van der Waals surface area contributed by atoms with Crippen molar-refractivity contribution in [2.75, 3.05) is 5.32 Å². The summed E-state index contributed by atoms with van der Waals surface area (Å²) in [7, 11) is 0. The molecule has 0 saturated carbocycles. The van der Waals surface area contributed by atoms with Gasteiger partial charge in [-0.3, -0.25) is 14.2 Å². The Labute approximate surface area is 143 Å². The van der Waals surface area contributed by atoms with E-state index in [-0.39, 0.29) is 18.0 Å². The first-order chi connectivity index (χ1) is 11.5. The minimum atomic E-state index is -0.308. The second kappa shape index (κ2) is 6.45. The average Bonchev–Trinajstić information content (AvgIpc) is 2.55. The van der Waals surface area contributed by atoms with Crippen LogP contribution in [0.5, 0.6) is 0 Å². The molecule has 24 heavy (non-hydrogen) atoms. The molecular weight excluding hydrogens is 326 g/mol. The van der Waals surface area contributed by atoms with E-state index in [0.29, 0.717) is 27.4 Å². The summed E-state index contributed by atoms with van der Waals surface area (Å²) in [5.41, 5.74) is 1.92. The second-order valence-corrected chi connectivity index (χ2v) is 5.99. The van der Waals surface area contributed by atoms with Crippen molar-refractivity contribution in [1.82, 2.24) is 9.55 Å². The van der Waals surface area contributed by atoms with E-state index >= 15 is 0 Å². The molecule has 0 unspecified atom stereocenters. The van der Waals surface area contributed by atoms with Gasteiger partial charge in [0.15, 0.2) is 0 Å². The Balaban J connectivity index is 1.87. The summed E-state index contributed by atoms with van der Waals surface area (Å²) in [6.07, 6.45) is 0. The first kappa shape index (κ1) is 16.2. The number of amides is 1. The smallest absolute Gasteiger partial charge is 0.261 e. The molecule has 0 aliphatic rings. The predicted molar refractivity (Wildman–Crippen MR) is 95.6 cm³/mol. The second-order valence-electron chi connectivity index (χ2n) is 5.58. The zero-order valence-electron chi connectivity index (χ0n) is 13.3. The van der Waals surface area contributed by atoms with E-state index in [1.54, 1.807) is 37.3 Å². The van der Waals surface area contributed by atoms with E-state index in [0.717, 1.165) is 5.56 Å². The first-order valence-corrected chi connectivity index (χ1v) is 7.85. The number of rotatable bonds is 3. The van der Waals surface area contributed by atoms with Crippen molar-refractivity contribution in [3.8, 4) is 0 Å². The molecule has 3 aromatic rings. The van der Waals surface area contributed by atoms with Crippen LogP contribution in [0.3, 0.4) is 0 Å². The van der Waals surface area contributed by atoms with E-state index < -0.39 is 0 Å². The van der Waals surface area contributed by atoms with Gasteiger partial charge in [-0.25, -0.2) is 4.98 Å². The Kier molecular flexibility index (Phi) is 4.36. The Hall–Kier alpha value is -2.66. The highest BCUT2D eigenvalue weighted by Crippen LogP contribution is 2.20. The lowest BCUT2D eigenvalue weighted by Crippen LogP contribution is -2.30. The highest BCUT2D eigenvalue weighted by Gasteiger charge is 2.11. The quantitative estimate of drug-likeness (QED) is 0.795. The number of benzene rings is 2. The number of carbonyl (C=O) groups is 1. The summed E-state index contributed by atoms with van der Waals surface area (Å²) >= 11 is 6.06. The molecule has 0 spiro atoms. The van der Waals surface area contributed by atoms with Gasteiger partial charge in [0.1, 0.15) is 12.4 Å². The van der Waals surface area contributed by atoms with E-state index in [1.807, 2.05) is 19.1 Å². The third kappa shape index (κ3) is 3.16. The Morgan fingerprint density at radius 1 is 1.21 bits per heavy atom. The molecule has 2 aromatic carbocycles. The number of hydrogen-bond donors (Lipinski definition) is 1. The normalized spacial score (nSPS) is 10.8. The van der Waals surface area contributed by atoms with E-state index in [9.17, 15) is 9.59 Å². The summed E-state index contributed by atoms with van der Waals surface area (Å²) in [5.74, 6) is 0.188. The van der Waals surface area contributed by atoms with Crippen molar-refractivity contribution in [1.29, 1.82) is 0 Å². The molecule has 5 nitrogen and oxygen atoms in total. The van der Waals surface area contributed by atoms with Gasteiger partial charge < -0.3 is 5.32 Å². The van der Waals surface area contributed by atoms with Crippen LogP contribution in [0, 0.1) is 13.8 Å². The van der Waals surface area contributed by atoms with Crippen LogP contribution in [0.1, 0.15) is 11.4 Å². The molecule has 1 aromatic heterocycles. The topological polar surface area (TPSA) is 64.0 Å². The van der Waals surface area contributed by atoms with Crippen LogP contribution in [-0.4, -0.2) is 15.5 Å². The Morgan fingerprint density at radius 3 is 2.71 bits per heavy atom. The van der Waals surface area contributed by atoms with Crippen LogP contribution >= 0.6 is 11.6 Å². The van der Waals surface area contributed by atoms with Crippen LogP contribution < -0.4 is 10.9 Å². The van der Waals surface area contributed by atoms with Gasteiger partial charge in [0.2, 0.25) is 5.91 Å². The molecule has 0 bridgehead atoms. The number of para-hydroxylation sites is 1. The predicted octanol–water partition coefficient (Wildman–Crippen LogP) is 3.31. The Morgan fingerprint density at radius 2 is 1.96 bits per heavy atom. The molecule has 1 N–H and O–H groups in total. The van der Waals surface area contributed by atoms with Gasteiger partial charge in [0.05, 0.1) is 10.9 Å². The average molecular weight is 342 g/mol. The van der Waals surface area contributed by atoms with Crippen molar-refractivity contribution in [3.05, 3.63) is 69.2 Å². The fraction of sp³-hybridized carbons (Fsp3) is 0.167. The molecule has 6 heteroatoms. The van der Waals surface area contributed by atoms with E-state index in [2.05, 4.69) is 10.3 Å². The van der Waals surface area contributed by atoms with Gasteiger partial charge in [-0.1, -0.05) is 29.8 Å². The van der Waals surface area contributed by atoms with Crippen molar-refractivity contribution >= 4 is 34.1 Å². The third-order valence-electron chi connectivity index (χ3n) is 3.81. The molecule has 0 aliphatic carbocycles. The molecule has 122 valence electrons. The number of anilines is 1. The molecule has 1 amide bonds. The summed E-state index contributed by atoms with van der Waals surface area (Å²) in [4.78, 5) is 29.2. The minimum Gasteiger partial charge on any atom is -0.324 e. The zero-order chi connectivity index (χ0) is 17.3. The lowest BCUT2D eigenvalue weighted by Gasteiger charge is -2.11. The molecule has 0 aliphatic heterocycles. The molecule has 0 atom stereocenters. The van der Waals surface area contributed by atoms with Gasteiger partial charge in [-0.15, -0.1) is 0 Å². The maximum Gasteiger partial charge on any atom is 0.261 e. The highest BCUT2D eigenvalue weighted by atomic mass is 35.5. The van der Waals surface area contributed by atoms with Gasteiger partial charge >= 0.3 is 0 Å². The maximum atomic E-state index is 12.6. The van der Waals surface area contributed by atoms with E-state index in [1.165, 1.54) is 4.57 Å². The summed E-state index contributed by atoms with van der Waals surface area (Å²) in [6, 6.07) is 12.4. The van der Waals surface area contributed by atoms with Crippen LogP contribution in [-0.2, 0) is 11.3 Å². The Bertz CT molecular complexity index is 995. The number of aromatic nitrogens is 2. The maximum absolute atomic E-state index is 12.6. The lowest BCUT2D eigenvalue weighted by atomic mass is 10.2. The van der Waals surface area contributed by atoms with Gasteiger partial charge in [0.25, 0.3) is 5.56 Å². The van der Waals surface area contributed by atoms with Crippen LogP contribution in [0.2, 0.25) is 5.02 Å². The number of halogens is 1. The summed E-state index contributed by atoms with van der Waals surface area (Å²) in [5, 5.41) is 3.82. The number of nitrogens with zero attached hydrogens (tertiary/aromatic N) is 2. The van der Waals surface area contributed by atoms with E-state index in [4.69, 9.17) is 11.6 Å². The van der Waals surface area contributed by atoms with Crippen LogP contribution in [0.4, 0.5) is 5.69 Å². The number of fused-ring (bicyclic) bond motifs is 1. The summed E-state index contributed by atoms with van der Waals surface area (Å²) in [6.45, 7) is 3.50. The molecule has 3 rings (SSSR count). The number of hydrogen-bond acceptors (Lipinski definition) is 3.